The van der Waals surface area contributed by atoms with Crippen LogP contribution in [-0.4, -0.2) is 42.1 Å². The van der Waals surface area contributed by atoms with Gasteiger partial charge >= 0.3 is 0 Å². The zero-order chi connectivity index (χ0) is 12.5. The van der Waals surface area contributed by atoms with Crippen LogP contribution in [0.3, 0.4) is 0 Å². The maximum atomic E-state index is 13.1. The van der Waals surface area contributed by atoms with Crippen LogP contribution in [0.15, 0.2) is 18.2 Å². The minimum Gasteiger partial charge on any atom is -0.378 e. The van der Waals surface area contributed by atoms with Crippen molar-refractivity contribution in [2.75, 3.05) is 26.3 Å². The van der Waals surface area contributed by atoms with Crippen molar-refractivity contribution in [1.82, 2.24) is 9.88 Å². The van der Waals surface area contributed by atoms with E-state index in [2.05, 4.69) is 4.98 Å². The number of thiazole rings is 1. The fourth-order valence-electron chi connectivity index (χ4n) is 1.89. The van der Waals surface area contributed by atoms with Crippen LogP contribution in [0.25, 0.3) is 10.2 Å². The van der Waals surface area contributed by atoms with Crippen molar-refractivity contribution in [2.45, 2.75) is 0 Å². The molecule has 1 amide bonds. The molecule has 18 heavy (non-hydrogen) atoms. The number of nitrogens with zero attached hydrogens (tertiary/aromatic N) is 2. The van der Waals surface area contributed by atoms with Gasteiger partial charge < -0.3 is 9.64 Å². The smallest absolute Gasteiger partial charge is 0.283 e. The minimum absolute atomic E-state index is 0.0973. The Morgan fingerprint density at radius 3 is 2.94 bits per heavy atom. The minimum atomic E-state index is -0.309. The zero-order valence-electron chi connectivity index (χ0n) is 9.56. The van der Waals surface area contributed by atoms with Gasteiger partial charge in [-0.15, -0.1) is 11.3 Å². The van der Waals surface area contributed by atoms with Crippen LogP contribution < -0.4 is 0 Å². The molecule has 0 aliphatic carbocycles. The quantitative estimate of drug-likeness (QED) is 0.792. The molecule has 4 nitrogen and oxygen atoms in total. The number of halogens is 1. The molecular formula is C12H11FN2O2S. The molecule has 1 fully saturated rings. The second-order valence-corrected chi connectivity index (χ2v) is 5.07. The number of amides is 1. The summed E-state index contributed by atoms with van der Waals surface area (Å²) < 4.78 is 19.0. The topological polar surface area (TPSA) is 42.4 Å². The van der Waals surface area contributed by atoms with Gasteiger partial charge in [0.15, 0.2) is 5.01 Å². The Morgan fingerprint density at radius 1 is 1.39 bits per heavy atom. The Hall–Kier alpha value is -1.53. The van der Waals surface area contributed by atoms with Gasteiger partial charge in [0, 0.05) is 13.1 Å². The van der Waals surface area contributed by atoms with E-state index in [0.29, 0.717) is 41.5 Å². The highest BCUT2D eigenvalue weighted by Crippen LogP contribution is 2.24. The summed E-state index contributed by atoms with van der Waals surface area (Å²) in [4.78, 5) is 18.1. The van der Waals surface area contributed by atoms with Crippen LogP contribution in [0.1, 0.15) is 9.80 Å². The predicted molar refractivity (Wildman–Crippen MR) is 66.3 cm³/mol. The number of benzene rings is 1. The molecule has 6 heteroatoms. The third-order valence-electron chi connectivity index (χ3n) is 2.83. The van der Waals surface area contributed by atoms with Gasteiger partial charge in [-0.05, 0) is 18.2 Å². The third-order valence-corrected chi connectivity index (χ3v) is 3.84. The number of rotatable bonds is 1. The number of hydrogen-bond acceptors (Lipinski definition) is 4. The highest BCUT2D eigenvalue weighted by atomic mass is 32.1. The highest BCUT2D eigenvalue weighted by Gasteiger charge is 2.21. The molecule has 1 saturated heterocycles. The van der Waals surface area contributed by atoms with Gasteiger partial charge in [0.05, 0.1) is 23.4 Å². The number of aromatic nitrogens is 1. The molecule has 94 valence electrons. The lowest BCUT2D eigenvalue weighted by molar-refractivity contribution is 0.0303. The van der Waals surface area contributed by atoms with Crippen LogP contribution in [0.4, 0.5) is 4.39 Å². The van der Waals surface area contributed by atoms with Crippen molar-refractivity contribution < 1.29 is 13.9 Å². The first-order chi connectivity index (χ1) is 8.74. The van der Waals surface area contributed by atoms with Gasteiger partial charge in [-0.2, -0.15) is 0 Å². The second-order valence-electron chi connectivity index (χ2n) is 4.04. The fraction of sp³-hybridized carbons (Fsp3) is 0.333. The first-order valence-electron chi connectivity index (χ1n) is 5.67. The predicted octanol–water partition coefficient (Wildman–Crippen LogP) is 1.91. The molecule has 0 bridgehead atoms. The summed E-state index contributed by atoms with van der Waals surface area (Å²) in [6.07, 6.45) is 0. The van der Waals surface area contributed by atoms with Crippen molar-refractivity contribution in [1.29, 1.82) is 0 Å². The zero-order valence-corrected chi connectivity index (χ0v) is 10.4. The van der Waals surface area contributed by atoms with E-state index in [0.717, 1.165) is 0 Å². The molecule has 2 heterocycles. The van der Waals surface area contributed by atoms with Crippen LogP contribution in [0.5, 0.6) is 0 Å². The summed E-state index contributed by atoms with van der Waals surface area (Å²) in [6, 6.07) is 4.35. The van der Waals surface area contributed by atoms with Gasteiger partial charge in [0.2, 0.25) is 0 Å². The molecule has 0 saturated carbocycles. The molecule has 0 N–H and O–H groups in total. The van der Waals surface area contributed by atoms with E-state index in [1.54, 1.807) is 11.0 Å². The van der Waals surface area contributed by atoms with E-state index >= 15 is 0 Å². The van der Waals surface area contributed by atoms with E-state index in [1.807, 2.05) is 0 Å². The standard InChI is InChI=1S/C12H11FN2O2S/c13-8-1-2-9-10(7-8)18-11(14-9)12(16)15-3-5-17-6-4-15/h1-2,7H,3-6H2. The monoisotopic (exact) mass is 266 g/mol. The van der Waals surface area contributed by atoms with Gasteiger partial charge in [-0.1, -0.05) is 0 Å². The molecule has 0 spiro atoms. The Bertz CT molecular complexity index is 593. The van der Waals surface area contributed by atoms with E-state index in [9.17, 15) is 9.18 Å². The van der Waals surface area contributed by atoms with E-state index < -0.39 is 0 Å². The van der Waals surface area contributed by atoms with Gasteiger partial charge in [-0.3, -0.25) is 4.79 Å². The van der Waals surface area contributed by atoms with Crippen LogP contribution in [-0.2, 0) is 4.74 Å². The molecule has 0 unspecified atom stereocenters. The number of carbonyl (C=O) groups excluding carboxylic acids is 1. The van der Waals surface area contributed by atoms with Crippen molar-refractivity contribution in [3.63, 3.8) is 0 Å². The fourth-order valence-corrected chi connectivity index (χ4v) is 2.85. The number of morpholine rings is 1. The van der Waals surface area contributed by atoms with Crippen molar-refractivity contribution in [3.8, 4) is 0 Å². The SMILES string of the molecule is O=C(c1nc2ccc(F)cc2s1)N1CCOCC1. The molecule has 0 atom stereocenters. The average Bonchev–Trinajstić information content (AvgIpc) is 2.81. The summed E-state index contributed by atoms with van der Waals surface area (Å²) >= 11 is 1.23. The molecule has 3 rings (SSSR count). The van der Waals surface area contributed by atoms with Gasteiger partial charge in [0.25, 0.3) is 5.91 Å². The summed E-state index contributed by atoms with van der Waals surface area (Å²) in [5.74, 6) is -0.406. The lowest BCUT2D eigenvalue weighted by Gasteiger charge is -2.25. The first-order valence-corrected chi connectivity index (χ1v) is 6.49. The van der Waals surface area contributed by atoms with Crippen LogP contribution in [0, 0.1) is 5.82 Å². The van der Waals surface area contributed by atoms with Crippen LogP contribution in [0.2, 0.25) is 0 Å². The number of ether oxygens (including phenoxy) is 1. The van der Waals surface area contributed by atoms with E-state index in [1.165, 1.54) is 23.5 Å². The Labute approximate surface area is 107 Å². The maximum absolute atomic E-state index is 13.1. The number of hydrogen-bond donors (Lipinski definition) is 0. The third kappa shape index (κ3) is 2.09. The van der Waals surface area contributed by atoms with E-state index in [4.69, 9.17) is 4.74 Å². The lowest BCUT2D eigenvalue weighted by Crippen LogP contribution is -2.40. The van der Waals surface area contributed by atoms with E-state index in [-0.39, 0.29) is 11.7 Å². The Balaban J connectivity index is 1.91. The Morgan fingerprint density at radius 2 is 2.17 bits per heavy atom. The summed E-state index contributed by atoms with van der Waals surface area (Å²) in [6.45, 7) is 2.29. The maximum Gasteiger partial charge on any atom is 0.283 e. The Kier molecular flexibility index (Phi) is 2.97. The summed E-state index contributed by atoms with van der Waals surface area (Å²) in [5, 5.41) is 0.414. The largest absolute Gasteiger partial charge is 0.378 e. The molecular weight excluding hydrogens is 255 g/mol. The van der Waals surface area contributed by atoms with Gasteiger partial charge in [-0.25, -0.2) is 9.37 Å². The molecule has 1 aliphatic rings. The molecule has 1 aromatic carbocycles. The second kappa shape index (κ2) is 4.62. The van der Waals surface area contributed by atoms with Gasteiger partial charge in [0.1, 0.15) is 5.82 Å². The number of fused-ring (bicyclic) bond motifs is 1. The van der Waals surface area contributed by atoms with Crippen molar-refractivity contribution >= 4 is 27.5 Å². The van der Waals surface area contributed by atoms with Crippen molar-refractivity contribution in [3.05, 3.63) is 29.0 Å². The van der Waals surface area contributed by atoms with Crippen molar-refractivity contribution in [2.24, 2.45) is 0 Å². The molecule has 1 aromatic heterocycles. The molecule has 0 radical (unpaired) electrons. The van der Waals surface area contributed by atoms with Crippen LogP contribution >= 0.6 is 11.3 Å². The average molecular weight is 266 g/mol. The normalized spacial score (nSPS) is 16.2. The summed E-state index contributed by atoms with van der Waals surface area (Å²) in [7, 11) is 0. The molecule has 1 aliphatic heterocycles. The molecule has 2 aromatic rings. The highest BCUT2D eigenvalue weighted by molar-refractivity contribution is 7.20. The summed E-state index contributed by atoms with van der Waals surface area (Å²) in [5.41, 5.74) is 0.665. The lowest BCUT2D eigenvalue weighted by atomic mass is 10.3. The number of carbonyl (C=O) groups is 1. The first kappa shape index (κ1) is 11.6.